The summed E-state index contributed by atoms with van der Waals surface area (Å²) >= 11 is 0. The maximum atomic E-state index is 11.1. The number of hydrogen-bond acceptors (Lipinski definition) is 5. The minimum Gasteiger partial charge on any atom is -0.394 e. The van der Waals surface area contributed by atoms with Crippen LogP contribution in [0, 0.1) is 0 Å². The molecule has 6 heteroatoms. The molecule has 1 fully saturated rings. The number of methoxy groups -OCH3 is 1. The van der Waals surface area contributed by atoms with Gasteiger partial charge in [-0.1, -0.05) is 0 Å². The van der Waals surface area contributed by atoms with E-state index in [1.807, 2.05) is 0 Å². The smallest absolute Gasteiger partial charge is 0.246 e. The first-order valence-electron chi connectivity index (χ1n) is 4.38. The van der Waals surface area contributed by atoms with Crippen LogP contribution in [0.3, 0.4) is 0 Å². The third-order valence-corrected chi connectivity index (χ3v) is 2.08. The predicted molar refractivity (Wildman–Crippen MR) is 46.6 cm³/mol. The summed E-state index contributed by atoms with van der Waals surface area (Å²) in [5.74, 6) is -0.307. The Hall–Kier alpha value is -0.690. The highest BCUT2D eigenvalue weighted by atomic mass is 16.5. The van der Waals surface area contributed by atoms with Crippen molar-refractivity contribution in [3.8, 4) is 0 Å². The van der Waals surface area contributed by atoms with Gasteiger partial charge in [-0.3, -0.25) is 4.79 Å². The Morgan fingerprint density at radius 3 is 2.93 bits per heavy atom. The third-order valence-electron chi connectivity index (χ3n) is 2.08. The SMILES string of the molecule is COCC(=O)N[C@@H]1CO[C@H](CO)[C@H]1O. The number of carbonyl (C=O) groups is 1. The summed E-state index contributed by atoms with van der Waals surface area (Å²) in [5.41, 5.74) is 0. The van der Waals surface area contributed by atoms with Gasteiger partial charge in [-0.15, -0.1) is 0 Å². The van der Waals surface area contributed by atoms with Crippen LogP contribution in [-0.4, -0.2) is 61.3 Å². The lowest BCUT2D eigenvalue weighted by atomic mass is 10.1. The molecule has 6 nitrogen and oxygen atoms in total. The van der Waals surface area contributed by atoms with E-state index in [2.05, 4.69) is 10.1 Å². The summed E-state index contributed by atoms with van der Waals surface area (Å²) < 4.78 is 9.67. The van der Waals surface area contributed by atoms with Crippen molar-refractivity contribution in [2.24, 2.45) is 0 Å². The van der Waals surface area contributed by atoms with Gasteiger partial charge in [0.2, 0.25) is 5.91 Å². The molecule has 1 rings (SSSR count). The van der Waals surface area contributed by atoms with E-state index in [9.17, 15) is 9.90 Å². The van der Waals surface area contributed by atoms with Gasteiger partial charge < -0.3 is 25.0 Å². The van der Waals surface area contributed by atoms with Gasteiger partial charge in [-0.25, -0.2) is 0 Å². The van der Waals surface area contributed by atoms with E-state index in [4.69, 9.17) is 9.84 Å². The number of nitrogens with one attached hydrogen (secondary N) is 1. The van der Waals surface area contributed by atoms with Crippen molar-refractivity contribution in [3.63, 3.8) is 0 Å². The molecular formula is C8H15NO5. The summed E-state index contributed by atoms with van der Waals surface area (Å²) in [6, 6.07) is -0.463. The Morgan fingerprint density at radius 1 is 1.71 bits per heavy atom. The average Bonchev–Trinajstić information content (AvgIpc) is 2.48. The van der Waals surface area contributed by atoms with Crippen LogP contribution in [0.2, 0.25) is 0 Å². The van der Waals surface area contributed by atoms with Gasteiger partial charge in [-0.2, -0.15) is 0 Å². The van der Waals surface area contributed by atoms with E-state index >= 15 is 0 Å². The second-order valence-corrected chi connectivity index (χ2v) is 3.15. The second-order valence-electron chi connectivity index (χ2n) is 3.15. The lowest BCUT2D eigenvalue weighted by Crippen LogP contribution is -2.46. The van der Waals surface area contributed by atoms with Gasteiger partial charge in [0.1, 0.15) is 18.8 Å². The molecule has 0 radical (unpaired) electrons. The van der Waals surface area contributed by atoms with E-state index in [0.717, 1.165) is 0 Å². The lowest BCUT2D eigenvalue weighted by molar-refractivity contribution is -0.126. The molecule has 0 aromatic carbocycles. The number of amides is 1. The van der Waals surface area contributed by atoms with Crippen molar-refractivity contribution in [2.45, 2.75) is 18.2 Å². The Balaban J connectivity index is 2.36. The monoisotopic (exact) mass is 205 g/mol. The van der Waals surface area contributed by atoms with E-state index in [1.54, 1.807) is 0 Å². The fourth-order valence-corrected chi connectivity index (χ4v) is 1.35. The molecule has 1 aliphatic rings. The van der Waals surface area contributed by atoms with Crippen LogP contribution in [-0.2, 0) is 14.3 Å². The normalized spacial score (nSPS) is 31.8. The molecule has 0 aromatic rings. The van der Waals surface area contributed by atoms with Crippen LogP contribution >= 0.6 is 0 Å². The fourth-order valence-electron chi connectivity index (χ4n) is 1.35. The highest BCUT2D eigenvalue weighted by molar-refractivity contribution is 5.77. The molecule has 0 bridgehead atoms. The van der Waals surface area contributed by atoms with E-state index in [1.165, 1.54) is 7.11 Å². The largest absolute Gasteiger partial charge is 0.394 e. The molecule has 82 valence electrons. The lowest BCUT2D eigenvalue weighted by Gasteiger charge is -2.16. The first kappa shape index (κ1) is 11.4. The van der Waals surface area contributed by atoms with Gasteiger partial charge in [0.15, 0.2) is 0 Å². The molecule has 0 aromatic heterocycles. The van der Waals surface area contributed by atoms with Crippen molar-refractivity contribution in [1.29, 1.82) is 0 Å². The number of aliphatic hydroxyl groups is 2. The molecular weight excluding hydrogens is 190 g/mol. The molecule has 14 heavy (non-hydrogen) atoms. The minimum atomic E-state index is -0.860. The van der Waals surface area contributed by atoms with Crippen LogP contribution in [0.5, 0.6) is 0 Å². The Labute approximate surface area is 81.8 Å². The maximum Gasteiger partial charge on any atom is 0.246 e. The molecule has 3 N–H and O–H groups in total. The first-order valence-corrected chi connectivity index (χ1v) is 4.38. The zero-order chi connectivity index (χ0) is 10.6. The van der Waals surface area contributed by atoms with Gasteiger partial charge in [0.05, 0.1) is 19.3 Å². The van der Waals surface area contributed by atoms with Crippen molar-refractivity contribution in [1.82, 2.24) is 5.32 Å². The molecule has 0 spiro atoms. The Morgan fingerprint density at radius 2 is 2.43 bits per heavy atom. The quantitative estimate of drug-likeness (QED) is 0.488. The van der Waals surface area contributed by atoms with Crippen molar-refractivity contribution < 1.29 is 24.5 Å². The minimum absolute atomic E-state index is 0.0486. The zero-order valence-electron chi connectivity index (χ0n) is 7.97. The fraction of sp³-hybridized carbons (Fsp3) is 0.875. The molecule has 1 saturated heterocycles. The molecule has 1 amide bonds. The van der Waals surface area contributed by atoms with Gasteiger partial charge in [0.25, 0.3) is 0 Å². The predicted octanol–water partition coefficient (Wildman–Crippen LogP) is -2.13. The zero-order valence-corrected chi connectivity index (χ0v) is 7.97. The number of ether oxygens (including phenoxy) is 2. The first-order chi connectivity index (χ1) is 6.69. The molecule has 1 aliphatic heterocycles. The maximum absolute atomic E-state index is 11.1. The summed E-state index contributed by atoms with van der Waals surface area (Å²) in [5, 5.41) is 20.8. The highest BCUT2D eigenvalue weighted by Gasteiger charge is 2.36. The molecule has 1 heterocycles. The number of aliphatic hydroxyl groups excluding tert-OH is 2. The number of hydrogen-bond donors (Lipinski definition) is 3. The Kier molecular flexibility index (Phi) is 4.27. The van der Waals surface area contributed by atoms with Gasteiger partial charge >= 0.3 is 0 Å². The summed E-state index contributed by atoms with van der Waals surface area (Å²) in [4.78, 5) is 11.1. The summed E-state index contributed by atoms with van der Waals surface area (Å²) in [6.07, 6.45) is -1.47. The van der Waals surface area contributed by atoms with Gasteiger partial charge in [0, 0.05) is 7.11 Å². The third kappa shape index (κ3) is 2.65. The van der Waals surface area contributed by atoms with E-state index in [0.29, 0.717) is 0 Å². The summed E-state index contributed by atoms with van der Waals surface area (Å²) in [7, 11) is 1.41. The van der Waals surface area contributed by atoms with Crippen LogP contribution in [0.25, 0.3) is 0 Å². The van der Waals surface area contributed by atoms with Crippen molar-refractivity contribution in [3.05, 3.63) is 0 Å². The number of carbonyl (C=O) groups excluding carboxylic acids is 1. The standard InChI is InChI=1S/C8H15NO5/c1-13-4-7(11)9-5-3-14-6(2-10)8(5)12/h5-6,8,10,12H,2-4H2,1H3,(H,9,11)/t5-,6-,8+/m1/s1. The van der Waals surface area contributed by atoms with Crippen LogP contribution in [0.4, 0.5) is 0 Å². The molecule has 0 saturated carbocycles. The topological polar surface area (TPSA) is 88.0 Å². The van der Waals surface area contributed by atoms with Crippen LogP contribution < -0.4 is 5.32 Å². The van der Waals surface area contributed by atoms with E-state index in [-0.39, 0.29) is 25.7 Å². The van der Waals surface area contributed by atoms with Crippen LogP contribution in [0.15, 0.2) is 0 Å². The van der Waals surface area contributed by atoms with Crippen LogP contribution in [0.1, 0.15) is 0 Å². The van der Waals surface area contributed by atoms with Gasteiger partial charge in [-0.05, 0) is 0 Å². The Bertz CT molecular complexity index is 198. The summed E-state index contributed by atoms with van der Waals surface area (Å²) in [6.45, 7) is -0.0906. The number of rotatable bonds is 4. The average molecular weight is 205 g/mol. The van der Waals surface area contributed by atoms with Crippen molar-refractivity contribution >= 4 is 5.91 Å². The molecule has 0 aliphatic carbocycles. The highest BCUT2D eigenvalue weighted by Crippen LogP contribution is 2.13. The molecule has 0 unspecified atom stereocenters. The van der Waals surface area contributed by atoms with E-state index < -0.39 is 18.2 Å². The molecule has 3 atom stereocenters. The van der Waals surface area contributed by atoms with Crippen molar-refractivity contribution in [2.75, 3.05) is 26.9 Å². The second kappa shape index (κ2) is 5.26.